The van der Waals surface area contributed by atoms with Crippen LogP contribution in [0.5, 0.6) is 5.75 Å². The molecule has 3 aromatic rings. The molecule has 6 heteroatoms. The summed E-state index contributed by atoms with van der Waals surface area (Å²) < 4.78 is 5.76. The number of hydrogen-bond acceptors (Lipinski definition) is 4. The number of benzene rings is 3. The van der Waals surface area contributed by atoms with Crippen LogP contribution in [0.1, 0.15) is 35.6 Å². The average molecular weight is 430 g/mol. The Bertz CT molecular complexity index is 938. The third-order valence-electron chi connectivity index (χ3n) is 4.98. The lowest BCUT2D eigenvalue weighted by Crippen LogP contribution is -2.22. The van der Waals surface area contributed by atoms with Gasteiger partial charge in [-0.1, -0.05) is 66.7 Å². The van der Waals surface area contributed by atoms with E-state index in [9.17, 15) is 0 Å². The fourth-order valence-corrected chi connectivity index (χ4v) is 3.51. The van der Waals surface area contributed by atoms with Gasteiger partial charge in [-0.25, -0.2) is 0 Å². The van der Waals surface area contributed by atoms with Crippen LogP contribution < -0.4 is 21.5 Å². The van der Waals surface area contributed by atoms with Crippen molar-refractivity contribution in [2.24, 2.45) is 11.5 Å². The van der Waals surface area contributed by atoms with Gasteiger partial charge >= 0.3 is 0 Å². The molecule has 152 valence electrons. The van der Waals surface area contributed by atoms with E-state index in [1.54, 1.807) is 0 Å². The summed E-state index contributed by atoms with van der Waals surface area (Å²) in [5.74, 6) is 2.00. The molecule has 4 nitrogen and oxygen atoms in total. The summed E-state index contributed by atoms with van der Waals surface area (Å²) >= 11 is 0. The van der Waals surface area contributed by atoms with Gasteiger partial charge in [0.05, 0.1) is 5.69 Å². The number of fused-ring (bicyclic) bond motifs is 1. The van der Waals surface area contributed by atoms with Crippen LogP contribution in [0.25, 0.3) is 0 Å². The van der Waals surface area contributed by atoms with E-state index in [0.717, 1.165) is 17.0 Å². The minimum Gasteiger partial charge on any atom is -0.456 e. The maximum absolute atomic E-state index is 6.79. The van der Waals surface area contributed by atoms with Crippen molar-refractivity contribution in [3.63, 3.8) is 0 Å². The highest BCUT2D eigenvalue weighted by Crippen LogP contribution is 2.39. The van der Waals surface area contributed by atoms with Gasteiger partial charge in [0.15, 0.2) is 5.75 Å². The molecule has 0 saturated carbocycles. The fraction of sp³-hybridized carbons (Fsp3) is 0.130. The highest BCUT2D eigenvalue weighted by molar-refractivity contribution is 5.85. The molecule has 0 spiro atoms. The summed E-state index contributed by atoms with van der Waals surface area (Å²) in [4.78, 5) is 0. The Labute approximate surface area is 183 Å². The molecule has 5 N–H and O–H groups in total. The van der Waals surface area contributed by atoms with Gasteiger partial charge in [0.25, 0.3) is 0 Å². The average Bonchev–Trinajstić information content (AvgIpc) is 2.70. The van der Waals surface area contributed by atoms with Crippen molar-refractivity contribution in [1.82, 2.24) is 0 Å². The summed E-state index contributed by atoms with van der Waals surface area (Å²) in [6.45, 7) is 1.84. The predicted octanol–water partition coefficient (Wildman–Crippen LogP) is 5.31. The molecule has 0 radical (unpaired) electrons. The third kappa shape index (κ3) is 4.67. The van der Waals surface area contributed by atoms with Crippen LogP contribution in [-0.4, -0.2) is 0 Å². The second-order valence-electron chi connectivity index (χ2n) is 6.78. The van der Waals surface area contributed by atoms with Crippen molar-refractivity contribution < 1.29 is 4.74 Å². The Morgan fingerprint density at radius 1 is 0.793 bits per heavy atom. The van der Waals surface area contributed by atoms with Crippen LogP contribution in [-0.2, 0) is 0 Å². The molecule has 1 aliphatic rings. The van der Waals surface area contributed by atoms with Gasteiger partial charge in [0.1, 0.15) is 11.6 Å². The summed E-state index contributed by atoms with van der Waals surface area (Å²) in [5.41, 5.74) is 17.0. The second-order valence-corrected chi connectivity index (χ2v) is 6.78. The molecule has 0 saturated heterocycles. The highest BCUT2D eigenvalue weighted by atomic mass is 35.5. The molecule has 29 heavy (non-hydrogen) atoms. The monoisotopic (exact) mass is 429 g/mol. The maximum Gasteiger partial charge on any atom is 0.150 e. The standard InChI is InChI=1S/C23H23N3O.2ClH/c1-15-23(25)26-19-14-18(12-13-20(19)27-15)22(24)21(16-8-4-2-5-9-16)17-10-6-3-7-11-17;;/h2-14,21-22,26H,24-25H2,1H3;2*1H. The van der Waals surface area contributed by atoms with Gasteiger partial charge in [-0.15, -0.1) is 24.8 Å². The molecule has 0 amide bonds. The molecule has 0 fully saturated rings. The highest BCUT2D eigenvalue weighted by Gasteiger charge is 2.25. The van der Waals surface area contributed by atoms with Crippen LogP contribution in [0.3, 0.4) is 0 Å². The van der Waals surface area contributed by atoms with Gasteiger partial charge < -0.3 is 21.5 Å². The van der Waals surface area contributed by atoms with E-state index in [1.807, 2.05) is 37.3 Å². The van der Waals surface area contributed by atoms with Crippen molar-refractivity contribution in [3.8, 4) is 5.75 Å². The largest absolute Gasteiger partial charge is 0.456 e. The third-order valence-corrected chi connectivity index (χ3v) is 4.98. The first-order valence-electron chi connectivity index (χ1n) is 9.04. The number of nitrogens with two attached hydrogens (primary N) is 2. The lowest BCUT2D eigenvalue weighted by atomic mass is 9.82. The first kappa shape index (κ1) is 22.6. The molecule has 0 aliphatic carbocycles. The number of allylic oxidation sites excluding steroid dienone is 1. The van der Waals surface area contributed by atoms with Gasteiger partial charge in [-0.2, -0.15) is 0 Å². The number of anilines is 1. The second kappa shape index (κ2) is 9.70. The van der Waals surface area contributed by atoms with E-state index in [-0.39, 0.29) is 36.8 Å². The molecule has 0 bridgehead atoms. The molecule has 1 heterocycles. The van der Waals surface area contributed by atoms with Crippen LogP contribution in [0.2, 0.25) is 0 Å². The van der Waals surface area contributed by atoms with Gasteiger partial charge in [0, 0.05) is 12.0 Å². The summed E-state index contributed by atoms with van der Waals surface area (Å²) in [6, 6.07) is 26.5. The fourth-order valence-electron chi connectivity index (χ4n) is 3.51. The molecule has 0 aromatic heterocycles. The van der Waals surface area contributed by atoms with E-state index in [0.29, 0.717) is 11.6 Å². The molecule has 1 aliphatic heterocycles. The van der Waals surface area contributed by atoms with E-state index in [1.165, 1.54) is 11.1 Å². The molecule has 1 unspecified atom stereocenters. The van der Waals surface area contributed by atoms with Crippen molar-refractivity contribution in [2.75, 3.05) is 5.32 Å². The van der Waals surface area contributed by atoms with E-state index < -0.39 is 0 Å². The maximum atomic E-state index is 6.79. The number of hydrogen-bond donors (Lipinski definition) is 3. The quantitative estimate of drug-likeness (QED) is 0.524. The zero-order valence-electron chi connectivity index (χ0n) is 16.0. The summed E-state index contributed by atoms with van der Waals surface area (Å²) in [7, 11) is 0. The van der Waals surface area contributed by atoms with Crippen molar-refractivity contribution in [2.45, 2.75) is 18.9 Å². The molecular weight excluding hydrogens is 405 g/mol. The Morgan fingerprint density at radius 2 is 1.34 bits per heavy atom. The topological polar surface area (TPSA) is 73.3 Å². The first-order valence-corrected chi connectivity index (χ1v) is 9.04. The van der Waals surface area contributed by atoms with Gasteiger partial charge in [0.2, 0.25) is 0 Å². The Balaban J connectivity index is 0.00000150. The minimum absolute atomic E-state index is 0. The van der Waals surface area contributed by atoms with Crippen LogP contribution in [0, 0.1) is 0 Å². The number of ether oxygens (including phenoxy) is 1. The zero-order chi connectivity index (χ0) is 18.8. The lowest BCUT2D eigenvalue weighted by molar-refractivity contribution is 0.415. The Morgan fingerprint density at radius 3 is 1.90 bits per heavy atom. The van der Waals surface area contributed by atoms with Gasteiger partial charge in [-0.05, 0) is 35.7 Å². The molecule has 4 rings (SSSR count). The lowest BCUT2D eigenvalue weighted by Gasteiger charge is -2.27. The van der Waals surface area contributed by atoms with Crippen LogP contribution >= 0.6 is 24.8 Å². The van der Waals surface area contributed by atoms with Gasteiger partial charge in [-0.3, -0.25) is 0 Å². The van der Waals surface area contributed by atoms with Crippen LogP contribution in [0.4, 0.5) is 5.69 Å². The van der Waals surface area contributed by atoms with Crippen molar-refractivity contribution >= 4 is 30.5 Å². The predicted molar refractivity (Wildman–Crippen MR) is 124 cm³/mol. The SMILES string of the molecule is CC1=C(N)Nc2cc(C(N)C(c3ccccc3)c3ccccc3)ccc2O1.Cl.Cl. The number of halogens is 2. The van der Waals surface area contributed by atoms with Crippen molar-refractivity contribution in [3.05, 3.63) is 107 Å². The Kier molecular flexibility index (Phi) is 7.57. The smallest absolute Gasteiger partial charge is 0.150 e. The number of nitrogens with one attached hydrogen (secondary N) is 1. The zero-order valence-corrected chi connectivity index (χ0v) is 17.7. The molecule has 1 atom stereocenters. The Hall–Kier alpha value is -2.66. The number of rotatable bonds is 4. The molecular formula is C23H25Cl2N3O. The summed E-state index contributed by atoms with van der Waals surface area (Å²) in [5, 5.41) is 3.20. The molecule has 3 aromatic carbocycles. The van der Waals surface area contributed by atoms with Crippen molar-refractivity contribution in [1.29, 1.82) is 0 Å². The minimum atomic E-state index is -0.213. The van der Waals surface area contributed by atoms with Crippen LogP contribution in [0.15, 0.2) is 90.4 Å². The van der Waals surface area contributed by atoms with E-state index in [2.05, 4.69) is 53.8 Å². The first-order chi connectivity index (χ1) is 13.1. The van der Waals surface area contributed by atoms with E-state index in [4.69, 9.17) is 16.2 Å². The summed E-state index contributed by atoms with van der Waals surface area (Å²) in [6.07, 6.45) is 0. The normalized spacial score (nSPS) is 13.3. The van der Waals surface area contributed by atoms with E-state index >= 15 is 0 Å².